The topological polar surface area (TPSA) is 39.2 Å². The highest BCUT2D eigenvalue weighted by Crippen LogP contribution is 2.31. The number of halogens is 3. The molecule has 1 aromatic heterocycles. The Kier molecular flexibility index (Phi) is 5.64. The Morgan fingerprint density at radius 1 is 1.35 bits per heavy atom. The van der Waals surface area contributed by atoms with Crippen molar-refractivity contribution in [3.05, 3.63) is 29.1 Å². The van der Waals surface area contributed by atoms with Crippen LogP contribution in [-0.2, 0) is 10.9 Å². The summed E-state index contributed by atoms with van der Waals surface area (Å²) in [5.41, 5.74) is -1.28. The molecule has 0 fully saturated rings. The van der Waals surface area contributed by atoms with Crippen LogP contribution in [0, 0.1) is 6.92 Å². The van der Waals surface area contributed by atoms with Crippen molar-refractivity contribution >= 4 is 5.97 Å². The van der Waals surface area contributed by atoms with E-state index in [-0.39, 0.29) is 0 Å². The zero-order valence-electron chi connectivity index (χ0n) is 10.1. The Morgan fingerprint density at radius 3 is 2.29 bits per heavy atom. The summed E-state index contributed by atoms with van der Waals surface area (Å²) < 4.78 is 41.5. The number of methoxy groups -OCH3 is 1. The van der Waals surface area contributed by atoms with Crippen LogP contribution in [0.5, 0.6) is 0 Å². The van der Waals surface area contributed by atoms with Gasteiger partial charge in [0.05, 0.1) is 18.2 Å². The maximum Gasteiger partial charge on any atom is 0.418 e. The third-order valence-corrected chi connectivity index (χ3v) is 1.75. The summed E-state index contributed by atoms with van der Waals surface area (Å²) in [5.74, 6) is -1.02. The van der Waals surface area contributed by atoms with Crippen molar-refractivity contribution in [2.24, 2.45) is 0 Å². The Hall–Kier alpha value is -1.59. The molecule has 0 aliphatic rings. The zero-order chi connectivity index (χ0) is 13.6. The largest absolute Gasteiger partial charge is 0.465 e. The molecule has 1 heterocycles. The monoisotopic (exact) mass is 249 g/mol. The third-order valence-electron chi connectivity index (χ3n) is 1.75. The van der Waals surface area contributed by atoms with Crippen LogP contribution < -0.4 is 0 Å². The molecule has 0 bridgehead atoms. The number of carbonyl (C=O) groups excluding carboxylic acids is 1. The SMILES string of the molecule is CC.COC(=O)c1cc(C)ncc1C(F)(F)F. The first kappa shape index (κ1) is 15.4. The van der Waals surface area contributed by atoms with Gasteiger partial charge >= 0.3 is 12.1 Å². The number of nitrogens with zero attached hydrogens (tertiary/aromatic N) is 1. The van der Waals surface area contributed by atoms with Crippen LogP contribution in [-0.4, -0.2) is 18.1 Å². The molecule has 1 rings (SSSR count). The predicted octanol–water partition coefficient (Wildman–Crippen LogP) is 3.22. The molecule has 0 aliphatic heterocycles. The van der Waals surface area contributed by atoms with Crippen LogP contribution in [0.2, 0.25) is 0 Å². The van der Waals surface area contributed by atoms with Crippen LogP contribution in [0.1, 0.15) is 35.5 Å². The lowest BCUT2D eigenvalue weighted by molar-refractivity contribution is -0.138. The first-order chi connectivity index (χ1) is 7.86. The van der Waals surface area contributed by atoms with Crippen molar-refractivity contribution < 1.29 is 22.7 Å². The van der Waals surface area contributed by atoms with Crippen molar-refractivity contribution in [2.75, 3.05) is 7.11 Å². The number of aryl methyl sites for hydroxylation is 1. The van der Waals surface area contributed by atoms with Gasteiger partial charge in [-0.15, -0.1) is 0 Å². The van der Waals surface area contributed by atoms with Gasteiger partial charge in [0, 0.05) is 11.9 Å². The van der Waals surface area contributed by atoms with Gasteiger partial charge in [0.15, 0.2) is 0 Å². The molecule has 0 unspecified atom stereocenters. The summed E-state index contributed by atoms with van der Waals surface area (Å²) >= 11 is 0. The van der Waals surface area contributed by atoms with Crippen LogP contribution >= 0.6 is 0 Å². The Bertz CT molecular complexity index is 389. The fraction of sp³-hybridized carbons (Fsp3) is 0.455. The Morgan fingerprint density at radius 2 is 1.88 bits per heavy atom. The summed E-state index contributed by atoms with van der Waals surface area (Å²) in [5, 5.41) is 0. The van der Waals surface area contributed by atoms with Crippen LogP contribution in [0.3, 0.4) is 0 Å². The maximum atomic E-state index is 12.4. The molecule has 0 N–H and O–H groups in total. The van der Waals surface area contributed by atoms with E-state index in [9.17, 15) is 18.0 Å². The van der Waals surface area contributed by atoms with Gasteiger partial charge < -0.3 is 4.74 Å². The standard InChI is InChI=1S/C9H8F3NO2.C2H6/c1-5-3-6(8(14)15-2)7(4-13-5)9(10,11)12;1-2/h3-4H,1-2H3;1-2H3. The smallest absolute Gasteiger partial charge is 0.418 e. The van der Waals surface area contributed by atoms with E-state index >= 15 is 0 Å². The number of alkyl halides is 3. The molecular formula is C11H14F3NO2. The fourth-order valence-corrected chi connectivity index (χ4v) is 1.06. The minimum atomic E-state index is -4.61. The number of rotatable bonds is 1. The molecule has 0 aliphatic carbocycles. The van der Waals surface area contributed by atoms with E-state index in [0.717, 1.165) is 13.2 Å². The average Bonchev–Trinajstić information content (AvgIpc) is 2.29. The van der Waals surface area contributed by atoms with Crippen LogP contribution in [0.4, 0.5) is 13.2 Å². The van der Waals surface area contributed by atoms with E-state index in [4.69, 9.17) is 0 Å². The summed E-state index contributed by atoms with van der Waals surface area (Å²) in [6, 6.07) is 1.05. The zero-order valence-corrected chi connectivity index (χ0v) is 10.1. The van der Waals surface area contributed by atoms with E-state index in [0.29, 0.717) is 11.9 Å². The number of carbonyl (C=O) groups is 1. The fourth-order valence-electron chi connectivity index (χ4n) is 1.06. The minimum absolute atomic E-state index is 0.323. The Labute approximate surface area is 97.6 Å². The number of hydrogen-bond acceptors (Lipinski definition) is 3. The second-order valence-corrected chi connectivity index (χ2v) is 2.86. The van der Waals surface area contributed by atoms with Gasteiger partial charge in [0.1, 0.15) is 0 Å². The molecule has 3 nitrogen and oxygen atoms in total. The van der Waals surface area contributed by atoms with Gasteiger partial charge in [0.25, 0.3) is 0 Å². The summed E-state index contributed by atoms with van der Waals surface area (Å²) in [6.45, 7) is 5.49. The number of pyridine rings is 1. The average molecular weight is 249 g/mol. The molecule has 0 atom stereocenters. The number of ether oxygens (including phenoxy) is 1. The quantitative estimate of drug-likeness (QED) is 0.717. The highest BCUT2D eigenvalue weighted by molar-refractivity contribution is 5.91. The molecule has 0 saturated heterocycles. The predicted molar refractivity (Wildman–Crippen MR) is 56.7 cm³/mol. The molecule has 0 aromatic carbocycles. The lowest BCUT2D eigenvalue weighted by Gasteiger charge is -2.10. The molecular weight excluding hydrogens is 235 g/mol. The summed E-state index contributed by atoms with van der Waals surface area (Å²) in [6.07, 6.45) is -3.98. The second-order valence-electron chi connectivity index (χ2n) is 2.86. The molecule has 0 radical (unpaired) electrons. The van der Waals surface area contributed by atoms with Gasteiger partial charge in [0.2, 0.25) is 0 Å². The van der Waals surface area contributed by atoms with Gasteiger partial charge in [-0.05, 0) is 13.0 Å². The van der Waals surface area contributed by atoms with Crippen molar-refractivity contribution in [2.45, 2.75) is 26.9 Å². The van der Waals surface area contributed by atoms with E-state index in [1.165, 1.54) is 6.92 Å². The van der Waals surface area contributed by atoms with E-state index in [2.05, 4.69) is 9.72 Å². The van der Waals surface area contributed by atoms with Crippen LogP contribution in [0.25, 0.3) is 0 Å². The highest BCUT2D eigenvalue weighted by atomic mass is 19.4. The molecule has 1 aromatic rings. The number of esters is 1. The van der Waals surface area contributed by atoms with Crippen molar-refractivity contribution in [1.82, 2.24) is 4.98 Å². The normalized spacial score (nSPS) is 10.3. The van der Waals surface area contributed by atoms with Gasteiger partial charge in [-0.1, -0.05) is 13.8 Å². The molecule has 17 heavy (non-hydrogen) atoms. The lowest BCUT2D eigenvalue weighted by Crippen LogP contribution is -2.15. The molecule has 6 heteroatoms. The van der Waals surface area contributed by atoms with Crippen molar-refractivity contribution in [3.63, 3.8) is 0 Å². The first-order valence-corrected chi connectivity index (χ1v) is 4.98. The minimum Gasteiger partial charge on any atom is -0.465 e. The van der Waals surface area contributed by atoms with E-state index in [1.807, 2.05) is 13.8 Å². The molecule has 96 valence electrons. The number of aromatic nitrogens is 1. The molecule has 0 amide bonds. The first-order valence-electron chi connectivity index (χ1n) is 4.98. The second kappa shape index (κ2) is 6.22. The maximum absolute atomic E-state index is 12.4. The van der Waals surface area contributed by atoms with E-state index in [1.54, 1.807) is 0 Å². The van der Waals surface area contributed by atoms with Crippen molar-refractivity contribution in [1.29, 1.82) is 0 Å². The van der Waals surface area contributed by atoms with Gasteiger partial charge in [-0.2, -0.15) is 13.2 Å². The third kappa shape index (κ3) is 4.05. The van der Waals surface area contributed by atoms with E-state index < -0.39 is 23.3 Å². The molecule has 0 spiro atoms. The summed E-state index contributed by atoms with van der Waals surface area (Å²) in [7, 11) is 1.03. The van der Waals surface area contributed by atoms with Crippen molar-refractivity contribution in [3.8, 4) is 0 Å². The number of hydrogen-bond donors (Lipinski definition) is 0. The van der Waals surface area contributed by atoms with Gasteiger partial charge in [-0.25, -0.2) is 4.79 Å². The van der Waals surface area contributed by atoms with Gasteiger partial charge in [-0.3, -0.25) is 4.98 Å². The lowest BCUT2D eigenvalue weighted by atomic mass is 10.1. The molecule has 0 saturated carbocycles. The Balaban J connectivity index is 0.00000121. The summed E-state index contributed by atoms with van der Waals surface area (Å²) in [4.78, 5) is 14.6. The highest BCUT2D eigenvalue weighted by Gasteiger charge is 2.36. The van der Waals surface area contributed by atoms with Crippen LogP contribution in [0.15, 0.2) is 12.3 Å².